The summed E-state index contributed by atoms with van der Waals surface area (Å²) in [6.07, 6.45) is 1.31. The maximum absolute atomic E-state index is 14.0. The Morgan fingerprint density at radius 2 is 1.82 bits per heavy atom. The number of hydrogen-bond acceptors (Lipinski definition) is 18. The number of thiazole rings is 1. The van der Waals surface area contributed by atoms with E-state index in [0.717, 1.165) is 77.8 Å². The Morgan fingerprint density at radius 1 is 0.974 bits per heavy atom. The van der Waals surface area contributed by atoms with Crippen LogP contribution in [0.1, 0.15) is 73.0 Å². The lowest BCUT2D eigenvalue weighted by Crippen LogP contribution is -2.51. The number of aromatic nitrogens is 4. The number of hydrogen-bond donors (Lipinski definition) is 3. The Bertz CT molecular complexity index is 3080. The number of carbonyl (C=O) groups excluding carboxylic acids is 2. The number of ether oxygens (including phenoxy) is 4. The molecule has 6 atom stereocenters. The highest BCUT2D eigenvalue weighted by molar-refractivity contribution is 7.13. The smallest absolute Gasteiger partial charge is 0.318 e. The molecule has 0 bridgehead atoms. The fourth-order valence-electron chi connectivity index (χ4n) is 11.4. The van der Waals surface area contributed by atoms with Crippen LogP contribution in [-0.2, 0) is 38.6 Å². The molecular weight excluding hydrogens is 1010 g/mol. The van der Waals surface area contributed by atoms with Crippen LogP contribution in [0.15, 0.2) is 76.8 Å². The first-order valence-corrected chi connectivity index (χ1v) is 28.1. The van der Waals surface area contributed by atoms with E-state index in [0.29, 0.717) is 69.2 Å². The van der Waals surface area contributed by atoms with Crippen LogP contribution in [0.5, 0.6) is 11.8 Å². The van der Waals surface area contributed by atoms with Gasteiger partial charge in [-0.2, -0.15) is 15.2 Å². The summed E-state index contributed by atoms with van der Waals surface area (Å²) in [7, 11) is 2.09. The van der Waals surface area contributed by atoms with Crippen molar-refractivity contribution < 1.29 is 38.2 Å². The molecule has 7 heterocycles. The number of nitrogens with zero attached hydrogens (tertiary/aromatic N) is 9. The number of nitriles is 1. The van der Waals surface area contributed by atoms with Gasteiger partial charge >= 0.3 is 6.01 Å². The largest absolute Gasteiger partial charge is 0.491 e. The summed E-state index contributed by atoms with van der Waals surface area (Å²) >= 11 is 1.54. The molecule has 6 aromatic rings. The first kappa shape index (κ1) is 54.6. The van der Waals surface area contributed by atoms with Gasteiger partial charge in [-0.15, -0.1) is 11.3 Å². The average Bonchev–Trinajstić information content (AvgIpc) is 4.32. The quantitative estimate of drug-likeness (QED) is 0.0685. The molecule has 0 aliphatic carbocycles. The summed E-state index contributed by atoms with van der Waals surface area (Å²) in [6, 6.07) is 24.6. The number of amides is 2. The van der Waals surface area contributed by atoms with Gasteiger partial charge < -0.3 is 53.9 Å². The van der Waals surface area contributed by atoms with E-state index in [-0.39, 0.29) is 62.0 Å². The van der Waals surface area contributed by atoms with Crippen molar-refractivity contribution in [1.82, 2.24) is 40.5 Å². The molecule has 0 unspecified atom stereocenters. The summed E-state index contributed by atoms with van der Waals surface area (Å²) in [5.41, 5.74) is 8.40. The molecule has 0 saturated carbocycles. The SMILES string of the molecule is Cc1cc([C@H](C(=O)N2C[C@H](O)C[C@H]2C(=O)NCc2ccc(-c3scnc3C)cc2OCCOCCO[C@@H]2C[C@@H](COc3nc4c(c(N5CCN[C@@H](CC#N)C5)n3)CCN(c3cccc5ccccc35)C4)N(C)C2)C(C)C)on1. The van der Waals surface area contributed by atoms with E-state index in [4.69, 9.17) is 33.4 Å². The fraction of sp³-hybridized carbons (Fsp3) is 0.500. The van der Waals surface area contributed by atoms with Crippen molar-refractivity contribution in [3.8, 4) is 28.3 Å². The van der Waals surface area contributed by atoms with Crippen LogP contribution in [-0.4, -0.2) is 157 Å². The first-order valence-electron chi connectivity index (χ1n) is 27.3. The van der Waals surface area contributed by atoms with Gasteiger partial charge in [0.1, 0.15) is 42.5 Å². The Kier molecular flexibility index (Phi) is 17.5. The molecule has 2 amide bonds. The molecule has 4 aliphatic heterocycles. The third kappa shape index (κ3) is 12.6. The number of aliphatic hydroxyl groups excluding tert-OH is 1. The highest BCUT2D eigenvalue weighted by Gasteiger charge is 2.43. The van der Waals surface area contributed by atoms with Gasteiger partial charge in [-0.3, -0.25) is 14.5 Å². The molecule has 412 valence electrons. The maximum Gasteiger partial charge on any atom is 0.318 e. The number of benzene rings is 3. The van der Waals surface area contributed by atoms with Crippen LogP contribution < -0.4 is 29.9 Å². The zero-order valence-electron chi connectivity index (χ0n) is 45.2. The molecular formula is C58H71N11O8S. The summed E-state index contributed by atoms with van der Waals surface area (Å²) < 4.78 is 30.7. The second-order valence-corrected chi connectivity index (χ2v) is 22.1. The van der Waals surface area contributed by atoms with Gasteiger partial charge in [0.25, 0.3) is 0 Å². The number of β-amino-alcohol motifs (C(OH)–C–C–N with tert-alkyl or cyclic N) is 1. The van der Waals surface area contributed by atoms with E-state index >= 15 is 0 Å². The minimum atomic E-state index is -0.854. The molecule has 78 heavy (non-hydrogen) atoms. The van der Waals surface area contributed by atoms with Gasteiger partial charge in [-0.25, -0.2) is 4.98 Å². The summed E-state index contributed by atoms with van der Waals surface area (Å²) in [5, 5.41) is 33.1. The van der Waals surface area contributed by atoms with Gasteiger partial charge in [0.05, 0.1) is 78.5 Å². The zero-order chi connectivity index (χ0) is 54.3. The predicted molar refractivity (Wildman–Crippen MR) is 297 cm³/mol. The third-order valence-corrected chi connectivity index (χ3v) is 16.4. The Hall–Kier alpha value is -6.73. The van der Waals surface area contributed by atoms with Crippen LogP contribution in [0, 0.1) is 31.1 Å². The Balaban J connectivity index is 0.718. The van der Waals surface area contributed by atoms with Crippen molar-refractivity contribution in [2.75, 3.05) is 89.2 Å². The van der Waals surface area contributed by atoms with E-state index in [2.05, 4.69) is 91.1 Å². The van der Waals surface area contributed by atoms with E-state index in [1.54, 1.807) is 24.3 Å². The molecule has 19 nitrogen and oxygen atoms in total. The van der Waals surface area contributed by atoms with Gasteiger partial charge in [0.15, 0.2) is 0 Å². The van der Waals surface area contributed by atoms with Crippen molar-refractivity contribution in [2.24, 2.45) is 5.92 Å². The second kappa shape index (κ2) is 24.9. The molecule has 3 N–H and O–H groups in total. The number of rotatable bonds is 21. The monoisotopic (exact) mass is 1080 g/mol. The van der Waals surface area contributed by atoms with Crippen molar-refractivity contribution >= 4 is 45.4 Å². The zero-order valence-corrected chi connectivity index (χ0v) is 46.0. The van der Waals surface area contributed by atoms with Crippen LogP contribution in [0.4, 0.5) is 11.5 Å². The molecule has 10 rings (SSSR count). The van der Waals surface area contributed by atoms with E-state index in [1.807, 2.05) is 44.5 Å². The van der Waals surface area contributed by atoms with E-state index in [1.165, 1.54) is 21.4 Å². The van der Waals surface area contributed by atoms with Crippen molar-refractivity contribution in [3.05, 3.63) is 106 Å². The lowest BCUT2D eigenvalue weighted by atomic mass is 9.91. The molecule has 0 radical (unpaired) electrons. The number of carbonyl (C=O) groups is 2. The number of likely N-dealkylation sites (N-methyl/N-ethyl adjacent to an activating group) is 1. The highest BCUT2D eigenvalue weighted by Crippen LogP contribution is 2.37. The Morgan fingerprint density at radius 3 is 2.63 bits per heavy atom. The van der Waals surface area contributed by atoms with Crippen LogP contribution in [0.25, 0.3) is 21.2 Å². The van der Waals surface area contributed by atoms with E-state index in [9.17, 15) is 20.0 Å². The van der Waals surface area contributed by atoms with Gasteiger partial charge in [-0.05, 0) is 62.7 Å². The number of fused-ring (bicyclic) bond motifs is 2. The van der Waals surface area contributed by atoms with Gasteiger partial charge in [-0.1, -0.05) is 67.5 Å². The van der Waals surface area contributed by atoms with Crippen molar-refractivity contribution in [2.45, 2.75) is 103 Å². The number of piperazine rings is 1. The molecule has 3 aromatic heterocycles. The van der Waals surface area contributed by atoms with Crippen LogP contribution in [0.3, 0.4) is 0 Å². The normalized spacial score (nSPS) is 21.0. The summed E-state index contributed by atoms with van der Waals surface area (Å²) in [4.78, 5) is 51.9. The third-order valence-electron chi connectivity index (χ3n) is 15.4. The topological polar surface area (TPSA) is 217 Å². The molecule has 3 saturated heterocycles. The van der Waals surface area contributed by atoms with Gasteiger partial charge in [0.2, 0.25) is 11.8 Å². The second-order valence-electron chi connectivity index (χ2n) is 21.3. The highest BCUT2D eigenvalue weighted by atomic mass is 32.1. The maximum atomic E-state index is 14.0. The molecule has 3 aromatic carbocycles. The molecule has 20 heteroatoms. The lowest BCUT2D eigenvalue weighted by Gasteiger charge is -2.37. The number of nitrogens with one attached hydrogen (secondary N) is 2. The number of aryl methyl sites for hydroxylation is 2. The minimum absolute atomic E-state index is 0.00163. The minimum Gasteiger partial charge on any atom is -0.491 e. The molecule has 0 spiro atoms. The lowest BCUT2D eigenvalue weighted by molar-refractivity contribution is -0.141. The molecule has 3 fully saturated rings. The van der Waals surface area contributed by atoms with E-state index < -0.39 is 18.1 Å². The predicted octanol–water partition coefficient (Wildman–Crippen LogP) is 6.19. The Labute approximate surface area is 459 Å². The fourth-order valence-corrected chi connectivity index (χ4v) is 12.2. The summed E-state index contributed by atoms with van der Waals surface area (Å²) in [6.45, 7) is 14.1. The first-order chi connectivity index (χ1) is 37.9. The van der Waals surface area contributed by atoms with Gasteiger partial charge in [0, 0.05) is 92.6 Å². The number of aliphatic hydroxyl groups is 1. The van der Waals surface area contributed by atoms with Crippen molar-refractivity contribution in [3.63, 3.8) is 0 Å². The molecule has 4 aliphatic rings. The average molecular weight is 1080 g/mol. The standard InChI is InChI=1S/C58H71N11O8S/c1-36(2)53(52-25-37(3)65-77-52)57(72)69-31-44(70)28-50(69)56(71)61-29-41-14-13-40(54-38(4)62-35-78-54)26-51(41)75-24-22-73-21-23-74-45-27-43(66(5)32-45)34-76-58-63-48-33-67(49-12-8-10-39-9-6-7-11-46(39)49)19-16-47(48)55(64-58)68-20-18-60-42(30-68)15-17-59/h6-14,25-26,35-36,42-45,50,53,60,70H,15-16,18-24,27-34H2,1-5H3,(H,61,71)/t42-,43-,44+,45+,50-,53+/m0/s1. The number of anilines is 2. The van der Waals surface area contributed by atoms with Crippen LogP contribution in [0.2, 0.25) is 0 Å². The van der Waals surface area contributed by atoms with Crippen molar-refractivity contribution in [1.29, 1.82) is 5.26 Å². The number of likely N-dealkylation sites (tertiary alicyclic amines) is 2. The van der Waals surface area contributed by atoms with Crippen LogP contribution >= 0.6 is 11.3 Å². The summed E-state index contributed by atoms with van der Waals surface area (Å²) in [5.74, 6) is 0.534.